The highest BCUT2D eigenvalue weighted by Gasteiger charge is 2.07. The molecule has 3 N–H and O–H groups in total. The van der Waals surface area contributed by atoms with Gasteiger partial charge in [-0.1, -0.05) is 0 Å². The highest BCUT2D eigenvalue weighted by Crippen LogP contribution is 2.25. The second-order valence-electron chi connectivity index (χ2n) is 4.08. The number of anilines is 2. The fraction of sp³-hybridized carbons (Fsp3) is 0.273. The minimum atomic E-state index is 0.286. The number of aromatic nitrogens is 5. The van der Waals surface area contributed by atoms with Gasteiger partial charge in [-0.3, -0.25) is 4.68 Å². The van der Waals surface area contributed by atoms with Gasteiger partial charge in [0.25, 0.3) is 0 Å². The normalized spacial score (nSPS) is 11.0. The van der Waals surface area contributed by atoms with Crippen LogP contribution >= 0.6 is 11.3 Å². The maximum Gasteiger partial charge on any atom is 0.223 e. The van der Waals surface area contributed by atoms with Crippen LogP contribution in [0.15, 0.2) is 17.8 Å². The van der Waals surface area contributed by atoms with Gasteiger partial charge in [0.05, 0.1) is 5.39 Å². The van der Waals surface area contributed by atoms with E-state index in [2.05, 4.69) is 25.4 Å². The van der Waals surface area contributed by atoms with Gasteiger partial charge in [0.1, 0.15) is 17.0 Å². The van der Waals surface area contributed by atoms with E-state index in [0.29, 0.717) is 6.54 Å². The summed E-state index contributed by atoms with van der Waals surface area (Å²) in [6.07, 6.45) is 2.42. The molecular formula is C11H13N7S. The number of hydrogen-bond donors (Lipinski definition) is 2. The Bertz CT molecular complexity index is 702. The molecule has 0 amide bonds. The number of thiophene rings is 1. The summed E-state index contributed by atoms with van der Waals surface area (Å²) in [5, 5.41) is 10.5. The van der Waals surface area contributed by atoms with Crippen LogP contribution in [0, 0.1) is 0 Å². The smallest absolute Gasteiger partial charge is 0.223 e. The molecule has 0 bridgehead atoms. The first-order valence-electron chi connectivity index (χ1n) is 5.81. The van der Waals surface area contributed by atoms with E-state index >= 15 is 0 Å². The number of nitrogens with two attached hydrogens (primary N) is 1. The summed E-state index contributed by atoms with van der Waals surface area (Å²) in [5.41, 5.74) is 5.69. The fourth-order valence-electron chi connectivity index (χ4n) is 1.80. The van der Waals surface area contributed by atoms with Crippen molar-refractivity contribution < 1.29 is 0 Å². The Morgan fingerprint density at radius 2 is 2.32 bits per heavy atom. The van der Waals surface area contributed by atoms with Crippen LogP contribution in [-0.2, 0) is 13.5 Å². The Labute approximate surface area is 113 Å². The Kier molecular flexibility index (Phi) is 3.00. The van der Waals surface area contributed by atoms with Crippen LogP contribution in [0.4, 0.5) is 11.8 Å². The molecule has 19 heavy (non-hydrogen) atoms. The zero-order valence-corrected chi connectivity index (χ0v) is 11.2. The van der Waals surface area contributed by atoms with Gasteiger partial charge in [-0.2, -0.15) is 10.1 Å². The quantitative estimate of drug-likeness (QED) is 0.739. The van der Waals surface area contributed by atoms with E-state index in [1.807, 2.05) is 18.5 Å². The van der Waals surface area contributed by atoms with E-state index in [9.17, 15) is 0 Å². The van der Waals surface area contributed by atoms with E-state index in [1.54, 1.807) is 22.3 Å². The van der Waals surface area contributed by atoms with Gasteiger partial charge in [0.15, 0.2) is 5.82 Å². The lowest BCUT2D eigenvalue weighted by molar-refractivity contribution is 0.742. The Hall–Kier alpha value is -2.22. The molecule has 0 aromatic carbocycles. The van der Waals surface area contributed by atoms with Crippen LogP contribution in [-0.4, -0.2) is 31.3 Å². The van der Waals surface area contributed by atoms with Crippen molar-refractivity contribution in [2.24, 2.45) is 7.05 Å². The van der Waals surface area contributed by atoms with Crippen molar-refractivity contribution in [1.29, 1.82) is 0 Å². The number of aryl methyl sites for hydroxylation is 1. The minimum absolute atomic E-state index is 0.286. The SMILES string of the molecule is Cn1cnc(CCNc2nc(N)nc3sccc23)n1. The monoisotopic (exact) mass is 275 g/mol. The highest BCUT2D eigenvalue weighted by atomic mass is 32.1. The van der Waals surface area contributed by atoms with Crippen LogP contribution in [0.5, 0.6) is 0 Å². The van der Waals surface area contributed by atoms with E-state index in [4.69, 9.17) is 5.73 Å². The van der Waals surface area contributed by atoms with Crippen molar-refractivity contribution in [3.8, 4) is 0 Å². The zero-order chi connectivity index (χ0) is 13.2. The number of nitrogen functional groups attached to an aromatic ring is 1. The van der Waals surface area contributed by atoms with Crippen LogP contribution in [0.2, 0.25) is 0 Å². The van der Waals surface area contributed by atoms with Crippen LogP contribution in [0.3, 0.4) is 0 Å². The molecule has 0 saturated carbocycles. The molecule has 0 aliphatic heterocycles. The largest absolute Gasteiger partial charge is 0.369 e. The number of rotatable bonds is 4. The van der Waals surface area contributed by atoms with Crippen molar-refractivity contribution in [2.45, 2.75) is 6.42 Å². The maximum atomic E-state index is 5.69. The molecule has 7 nitrogen and oxygen atoms in total. The topological polar surface area (TPSA) is 94.5 Å². The molecule has 3 aromatic heterocycles. The van der Waals surface area contributed by atoms with Crippen molar-refractivity contribution in [3.05, 3.63) is 23.6 Å². The molecule has 3 rings (SSSR count). The molecule has 0 aliphatic rings. The van der Waals surface area contributed by atoms with E-state index in [0.717, 1.165) is 28.3 Å². The van der Waals surface area contributed by atoms with E-state index in [1.165, 1.54) is 0 Å². The summed E-state index contributed by atoms with van der Waals surface area (Å²) in [6, 6.07) is 1.99. The molecular weight excluding hydrogens is 262 g/mol. The van der Waals surface area contributed by atoms with Crippen LogP contribution < -0.4 is 11.1 Å². The predicted octanol–water partition coefficient (Wildman–Crippen LogP) is 1.06. The first kappa shape index (κ1) is 11.8. The third-order valence-electron chi connectivity index (χ3n) is 2.63. The third-order valence-corrected chi connectivity index (χ3v) is 3.44. The summed E-state index contributed by atoms with van der Waals surface area (Å²) in [6.45, 7) is 0.700. The lowest BCUT2D eigenvalue weighted by atomic mass is 10.3. The zero-order valence-electron chi connectivity index (χ0n) is 10.4. The maximum absolute atomic E-state index is 5.69. The molecule has 0 saturated heterocycles. The van der Waals surface area contributed by atoms with Gasteiger partial charge in [0.2, 0.25) is 5.95 Å². The van der Waals surface area contributed by atoms with Crippen molar-refractivity contribution in [3.63, 3.8) is 0 Å². The molecule has 0 spiro atoms. The van der Waals surface area contributed by atoms with Gasteiger partial charge in [0, 0.05) is 20.0 Å². The molecule has 3 aromatic rings. The lowest BCUT2D eigenvalue weighted by Gasteiger charge is -2.05. The van der Waals surface area contributed by atoms with Crippen LogP contribution in [0.1, 0.15) is 5.82 Å². The molecule has 0 radical (unpaired) electrons. The average Bonchev–Trinajstić information content (AvgIpc) is 2.98. The second kappa shape index (κ2) is 4.81. The van der Waals surface area contributed by atoms with Gasteiger partial charge < -0.3 is 11.1 Å². The van der Waals surface area contributed by atoms with Crippen molar-refractivity contribution in [2.75, 3.05) is 17.6 Å². The van der Waals surface area contributed by atoms with E-state index in [-0.39, 0.29) is 5.95 Å². The molecule has 0 atom stereocenters. The molecule has 98 valence electrons. The first-order valence-corrected chi connectivity index (χ1v) is 6.69. The summed E-state index contributed by atoms with van der Waals surface area (Å²) in [5.74, 6) is 1.85. The lowest BCUT2D eigenvalue weighted by Crippen LogP contribution is -2.09. The predicted molar refractivity (Wildman–Crippen MR) is 75.0 cm³/mol. The number of nitrogens with one attached hydrogen (secondary N) is 1. The summed E-state index contributed by atoms with van der Waals surface area (Å²) < 4.78 is 1.69. The Balaban J connectivity index is 1.73. The number of hydrogen-bond acceptors (Lipinski definition) is 7. The van der Waals surface area contributed by atoms with Gasteiger partial charge in [-0.05, 0) is 11.4 Å². The fourth-order valence-corrected chi connectivity index (χ4v) is 2.57. The summed E-state index contributed by atoms with van der Waals surface area (Å²) in [7, 11) is 1.85. The molecule has 3 heterocycles. The van der Waals surface area contributed by atoms with Gasteiger partial charge in [-0.15, -0.1) is 11.3 Å². The third kappa shape index (κ3) is 2.48. The van der Waals surface area contributed by atoms with Gasteiger partial charge >= 0.3 is 0 Å². The summed E-state index contributed by atoms with van der Waals surface area (Å²) in [4.78, 5) is 13.5. The first-order chi connectivity index (χ1) is 9.22. The van der Waals surface area contributed by atoms with Crippen molar-refractivity contribution in [1.82, 2.24) is 24.7 Å². The molecule has 0 fully saturated rings. The molecule has 8 heteroatoms. The summed E-state index contributed by atoms with van der Waals surface area (Å²) >= 11 is 1.55. The minimum Gasteiger partial charge on any atom is -0.369 e. The molecule has 0 unspecified atom stereocenters. The number of fused-ring (bicyclic) bond motifs is 1. The van der Waals surface area contributed by atoms with Crippen LogP contribution in [0.25, 0.3) is 10.2 Å². The standard InChI is InChI=1S/C11H13N7S/c1-18-6-14-8(17-18)2-4-13-9-7-3-5-19-10(7)16-11(12)15-9/h3,5-6H,2,4H2,1H3,(H3,12,13,15,16). The Morgan fingerprint density at radius 1 is 1.42 bits per heavy atom. The highest BCUT2D eigenvalue weighted by molar-refractivity contribution is 7.16. The Morgan fingerprint density at radius 3 is 3.11 bits per heavy atom. The van der Waals surface area contributed by atoms with E-state index < -0.39 is 0 Å². The number of nitrogens with zero attached hydrogens (tertiary/aromatic N) is 5. The molecule has 0 aliphatic carbocycles. The van der Waals surface area contributed by atoms with Gasteiger partial charge in [-0.25, -0.2) is 9.97 Å². The second-order valence-corrected chi connectivity index (χ2v) is 4.98. The average molecular weight is 275 g/mol. The van der Waals surface area contributed by atoms with Crippen molar-refractivity contribution >= 4 is 33.3 Å².